The average molecular weight is 420 g/mol. The Balaban J connectivity index is 1.81. The van der Waals surface area contributed by atoms with E-state index in [1.54, 1.807) is 0 Å². The van der Waals surface area contributed by atoms with E-state index in [1.165, 1.54) is 7.11 Å². The van der Waals surface area contributed by atoms with Crippen LogP contribution < -0.4 is 0 Å². The van der Waals surface area contributed by atoms with Gasteiger partial charge in [0, 0.05) is 20.0 Å². The SMILES string of the molecule is COC(COC=O)OC1COC(C)(COC(COC=O)OC2COC(C)(C)C2)C1. The van der Waals surface area contributed by atoms with Crippen molar-refractivity contribution < 1.29 is 47.5 Å². The van der Waals surface area contributed by atoms with Gasteiger partial charge >= 0.3 is 0 Å². The predicted octanol–water partition coefficient (Wildman–Crippen LogP) is 0.796. The van der Waals surface area contributed by atoms with Crippen LogP contribution in [0.4, 0.5) is 0 Å². The largest absolute Gasteiger partial charge is 0.462 e. The lowest BCUT2D eigenvalue weighted by Crippen LogP contribution is -2.37. The molecular formula is C19H32O10. The molecule has 0 spiro atoms. The van der Waals surface area contributed by atoms with Crippen LogP contribution in [0.25, 0.3) is 0 Å². The number of hydrogen-bond acceptors (Lipinski definition) is 10. The normalized spacial score (nSPS) is 30.6. The highest BCUT2D eigenvalue weighted by Gasteiger charge is 2.40. The first-order chi connectivity index (χ1) is 13.8. The molecule has 5 atom stereocenters. The van der Waals surface area contributed by atoms with Gasteiger partial charge in [-0.3, -0.25) is 9.59 Å². The zero-order valence-corrected chi connectivity index (χ0v) is 17.5. The molecule has 0 aromatic carbocycles. The second kappa shape index (κ2) is 11.2. The van der Waals surface area contributed by atoms with Gasteiger partial charge in [-0.2, -0.15) is 0 Å². The summed E-state index contributed by atoms with van der Waals surface area (Å²) in [5, 5.41) is 0. The second-order valence-electron chi connectivity index (χ2n) is 8.02. The molecule has 2 rings (SSSR count). The van der Waals surface area contributed by atoms with E-state index in [9.17, 15) is 9.59 Å². The third-order valence-corrected chi connectivity index (χ3v) is 4.78. The Morgan fingerprint density at radius 3 is 2.10 bits per heavy atom. The minimum absolute atomic E-state index is 0.00245. The Morgan fingerprint density at radius 2 is 1.52 bits per heavy atom. The van der Waals surface area contributed by atoms with Crippen LogP contribution in [0.1, 0.15) is 33.6 Å². The van der Waals surface area contributed by atoms with E-state index in [1.807, 2.05) is 20.8 Å². The number of hydrogen-bond donors (Lipinski definition) is 0. The fourth-order valence-corrected chi connectivity index (χ4v) is 3.38. The lowest BCUT2D eigenvalue weighted by Gasteiger charge is -2.28. The molecule has 5 unspecified atom stereocenters. The van der Waals surface area contributed by atoms with Gasteiger partial charge in [0.1, 0.15) is 13.2 Å². The molecule has 0 bridgehead atoms. The van der Waals surface area contributed by atoms with Crippen LogP contribution in [0.15, 0.2) is 0 Å². The molecule has 168 valence electrons. The third kappa shape index (κ3) is 8.15. The fraction of sp³-hybridized carbons (Fsp3) is 0.895. The first-order valence-electron chi connectivity index (χ1n) is 9.63. The standard InChI is InChI=1S/C19H32O10/c1-18(2)5-14(7-26-18)29-17(10-24-13-21)25-11-19(3)6-15(8-27-19)28-16(22-4)9-23-12-20/h12-17H,5-11H2,1-4H3. The first-order valence-corrected chi connectivity index (χ1v) is 9.63. The number of rotatable bonds is 14. The summed E-state index contributed by atoms with van der Waals surface area (Å²) in [7, 11) is 1.47. The Morgan fingerprint density at radius 1 is 0.931 bits per heavy atom. The molecule has 10 heteroatoms. The van der Waals surface area contributed by atoms with Crippen LogP contribution in [-0.4, -0.2) is 89.1 Å². The molecule has 29 heavy (non-hydrogen) atoms. The van der Waals surface area contributed by atoms with Crippen LogP contribution in [0.5, 0.6) is 0 Å². The molecule has 0 saturated carbocycles. The summed E-state index contributed by atoms with van der Waals surface area (Å²) in [5.41, 5.74) is -0.861. The topological polar surface area (TPSA) is 108 Å². The van der Waals surface area contributed by atoms with Gasteiger partial charge < -0.3 is 37.9 Å². The maximum atomic E-state index is 10.6. The van der Waals surface area contributed by atoms with Gasteiger partial charge in [0.25, 0.3) is 12.9 Å². The monoisotopic (exact) mass is 420 g/mol. The average Bonchev–Trinajstić information content (AvgIpc) is 3.22. The van der Waals surface area contributed by atoms with Gasteiger partial charge in [0.15, 0.2) is 12.6 Å². The van der Waals surface area contributed by atoms with E-state index >= 15 is 0 Å². The van der Waals surface area contributed by atoms with E-state index in [-0.39, 0.29) is 37.6 Å². The smallest absolute Gasteiger partial charge is 0.293 e. The number of carbonyl (C=O) groups excluding carboxylic acids is 2. The molecule has 0 amide bonds. The van der Waals surface area contributed by atoms with Crippen molar-refractivity contribution in [1.82, 2.24) is 0 Å². The van der Waals surface area contributed by atoms with Crippen LogP contribution in [0.2, 0.25) is 0 Å². The van der Waals surface area contributed by atoms with Gasteiger partial charge in [-0.25, -0.2) is 0 Å². The highest BCUT2D eigenvalue weighted by molar-refractivity contribution is 5.37. The molecule has 0 N–H and O–H groups in total. The van der Waals surface area contributed by atoms with Crippen molar-refractivity contribution in [3.05, 3.63) is 0 Å². The van der Waals surface area contributed by atoms with Gasteiger partial charge in [0.05, 0.1) is 43.2 Å². The lowest BCUT2D eigenvalue weighted by molar-refractivity contribution is -0.213. The Hall–Kier alpha value is -1.30. The highest BCUT2D eigenvalue weighted by Crippen LogP contribution is 2.30. The van der Waals surface area contributed by atoms with Crippen LogP contribution >= 0.6 is 0 Å². The molecule has 10 nitrogen and oxygen atoms in total. The predicted molar refractivity (Wildman–Crippen MR) is 97.9 cm³/mol. The number of carbonyl (C=O) groups is 2. The Labute approximate surface area is 171 Å². The molecule has 2 saturated heterocycles. The van der Waals surface area contributed by atoms with Crippen molar-refractivity contribution in [3.63, 3.8) is 0 Å². The summed E-state index contributed by atoms with van der Waals surface area (Å²) < 4.78 is 43.7. The van der Waals surface area contributed by atoms with Crippen molar-refractivity contribution in [2.45, 2.75) is 69.6 Å². The molecule has 2 fully saturated rings. The quantitative estimate of drug-likeness (QED) is 0.296. The van der Waals surface area contributed by atoms with Crippen molar-refractivity contribution >= 4 is 12.9 Å². The van der Waals surface area contributed by atoms with E-state index < -0.39 is 18.2 Å². The summed E-state index contributed by atoms with van der Waals surface area (Å²) in [6.45, 7) is 7.60. The van der Waals surface area contributed by atoms with Crippen molar-refractivity contribution in [2.75, 3.05) is 40.1 Å². The zero-order chi connectivity index (χ0) is 21.3. The van der Waals surface area contributed by atoms with Gasteiger partial charge in [-0.15, -0.1) is 0 Å². The van der Waals surface area contributed by atoms with Gasteiger partial charge in [-0.05, 0) is 20.8 Å². The molecule has 0 aromatic heterocycles. The van der Waals surface area contributed by atoms with Crippen LogP contribution in [0.3, 0.4) is 0 Å². The number of ether oxygens (including phenoxy) is 8. The van der Waals surface area contributed by atoms with Crippen LogP contribution in [0, 0.1) is 0 Å². The summed E-state index contributed by atoms with van der Waals surface area (Å²) >= 11 is 0. The summed E-state index contributed by atoms with van der Waals surface area (Å²) in [4.78, 5) is 20.9. The maximum Gasteiger partial charge on any atom is 0.293 e. The van der Waals surface area contributed by atoms with Crippen LogP contribution in [-0.2, 0) is 47.5 Å². The molecule has 2 aliphatic rings. The summed E-state index contributed by atoms with van der Waals surface area (Å²) in [6, 6.07) is 0. The maximum absolute atomic E-state index is 10.6. The van der Waals surface area contributed by atoms with Crippen molar-refractivity contribution in [2.24, 2.45) is 0 Å². The van der Waals surface area contributed by atoms with E-state index in [2.05, 4.69) is 4.74 Å². The van der Waals surface area contributed by atoms with E-state index in [4.69, 9.17) is 33.2 Å². The summed E-state index contributed by atoms with van der Waals surface area (Å²) in [6.07, 6.45) is -0.499. The van der Waals surface area contributed by atoms with Crippen molar-refractivity contribution in [1.29, 1.82) is 0 Å². The van der Waals surface area contributed by atoms with Gasteiger partial charge in [-0.1, -0.05) is 0 Å². The van der Waals surface area contributed by atoms with Gasteiger partial charge in [0.2, 0.25) is 0 Å². The molecular weight excluding hydrogens is 388 g/mol. The summed E-state index contributed by atoms with van der Waals surface area (Å²) in [5.74, 6) is 0. The fourth-order valence-electron chi connectivity index (χ4n) is 3.38. The second-order valence-corrected chi connectivity index (χ2v) is 8.02. The Kier molecular flexibility index (Phi) is 9.25. The lowest BCUT2D eigenvalue weighted by atomic mass is 10.0. The van der Waals surface area contributed by atoms with Crippen molar-refractivity contribution in [3.8, 4) is 0 Å². The minimum Gasteiger partial charge on any atom is -0.462 e. The highest BCUT2D eigenvalue weighted by atomic mass is 16.7. The molecule has 0 aromatic rings. The molecule has 0 radical (unpaired) electrons. The molecule has 0 aliphatic carbocycles. The van der Waals surface area contributed by atoms with E-state index in [0.717, 1.165) is 6.42 Å². The number of methoxy groups -OCH3 is 1. The third-order valence-electron chi connectivity index (χ3n) is 4.78. The molecule has 2 heterocycles. The first kappa shape index (κ1) is 24.0. The zero-order valence-electron chi connectivity index (χ0n) is 17.5. The minimum atomic E-state index is -0.726. The van der Waals surface area contributed by atoms with E-state index in [0.29, 0.717) is 32.6 Å². The Bertz CT molecular complexity index is 513. The molecule has 2 aliphatic heterocycles.